The molecule has 66 valence electrons. The van der Waals surface area contributed by atoms with E-state index in [2.05, 4.69) is 25.8 Å². The van der Waals surface area contributed by atoms with Gasteiger partial charge in [-0.15, -0.1) is 0 Å². The Balaban J connectivity index is 2.73. The van der Waals surface area contributed by atoms with Crippen molar-refractivity contribution in [3.05, 3.63) is 0 Å². The van der Waals surface area contributed by atoms with Crippen LogP contribution in [0.25, 0.3) is 0 Å². The van der Waals surface area contributed by atoms with E-state index in [4.69, 9.17) is 0 Å². The van der Waals surface area contributed by atoms with Gasteiger partial charge in [0.2, 0.25) is 0 Å². The van der Waals surface area contributed by atoms with E-state index in [1.165, 1.54) is 6.42 Å². The molecule has 1 N–H and O–H groups in total. The Morgan fingerprint density at radius 3 is 2.36 bits per heavy atom. The van der Waals surface area contributed by atoms with Gasteiger partial charge in [0.1, 0.15) is 0 Å². The Kier molecular flexibility index (Phi) is 2.55. The smallest absolute Gasteiger partial charge is 0.0617 e. The zero-order valence-electron chi connectivity index (χ0n) is 7.80. The SMILES string of the molecule is CC(C)C1(CO)CCCN1C. The van der Waals surface area contributed by atoms with E-state index in [0.29, 0.717) is 12.5 Å². The van der Waals surface area contributed by atoms with Crippen LogP contribution in [-0.4, -0.2) is 35.7 Å². The van der Waals surface area contributed by atoms with Gasteiger partial charge in [-0.25, -0.2) is 0 Å². The molecule has 1 aliphatic rings. The first-order valence-electron chi connectivity index (χ1n) is 4.45. The molecule has 2 nitrogen and oxygen atoms in total. The minimum atomic E-state index is 0.0833. The summed E-state index contributed by atoms with van der Waals surface area (Å²) in [5.41, 5.74) is 0.0833. The predicted octanol–water partition coefficient (Wildman–Crippen LogP) is 1.10. The average Bonchev–Trinajstić information content (AvgIpc) is 2.32. The third-order valence-corrected chi connectivity index (χ3v) is 3.21. The summed E-state index contributed by atoms with van der Waals surface area (Å²) < 4.78 is 0. The molecule has 1 rings (SSSR count). The zero-order valence-corrected chi connectivity index (χ0v) is 7.80. The van der Waals surface area contributed by atoms with Gasteiger partial charge in [-0.2, -0.15) is 0 Å². The molecule has 0 aromatic heterocycles. The molecule has 0 radical (unpaired) electrons. The van der Waals surface area contributed by atoms with Crippen molar-refractivity contribution in [3.8, 4) is 0 Å². The maximum absolute atomic E-state index is 9.32. The van der Waals surface area contributed by atoms with Gasteiger partial charge in [0.05, 0.1) is 6.61 Å². The third kappa shape index (κ3) is 1.30. The van der Waals surface area contributed by atoms with Crippen molar-refractivity contribution in [1.29, 1.82) is 0 Å². The Bertz CT molecular complexity index is 136. The van der Waals surface area contributed by atoms with Crippen LogP contribution >= 0.6 is 0 Å². The van der Waals surface area contributed by atoms with E-state index in [1.807, 2.05) is 0 Å². The second-order valence-electron chi connectivity index (χ2n) is 3.94. The van der Waals surface area contributed by atoms with E-state index in [0.717, 1.165) is 13.0 Å². The van der Waals surface area contributed by atoms with Crippen LogP contribution in [0.1, 0.15) is 26.7 Å². The van der Waals surface area contributed by atoms with Crippen LogP contribution < -0.4 is 0 Å². The maximum atomic E-state index is 9.32. The summed E-state index contributed by atoms with van der Waals surface area (Å²) in [5, 5.41) is 9.32. The van der Waals surface area contributed by atoms with Gasteiger partial charge in [-0.1, -0.05) is 13.8 Å². The lowest BCUT2D eigenvalue weighted by Gasteiger charge is -2.38. The predicted molar refractivity (Wildman–Crippen MR) is 46.5 cm³/mol. The fourth-order valence-corrected chi connectivity index (χ4v) is 2.15. The lowest BCUT2D eigenvalue weighted by Crippen LogP contribution is -2.49. The molecule has 1 fully saturated rings. The van der Waals surface area contributed by atoms with E-state index in [1.54, 1.807) is 0 Å². The van der Waals surface area contributed by atoms with Gasteiger partial charge < -0.3 is 5.11 Å². The summed E-state index contributed by atoms with van der Waals surface area (Å²) in [7, 11) is 2.11. The highest BCUT2D eigenvalue weighted by Gasteiger charge is 2.40. The van der Waals surface area contributed by atoms with Gasteiger partial charge in [0, 0.05) is 5.54 Å². The summed E-state index contributed by atoms with van der Waals surface area (Å²) in [4.78, 5) is 2.30. The fraction of sp³-hybridized carbons (Fsp3) is 1.00. The Hall–Kier alpha value is -0.0800. The van der Waals surface area contributed by atoms with Crippen LogP contribution in [0.3, 0.4) is 0 Å². The van der Waals surface area contributed by atoms with Gasteiger partial charge >= 0.3 is 0 Å². The van der Waals surface area contributed by atoms with Gasteiger partial charge in [0.15, 0.2) is 0 Å². The second kappa shape index (κ2) is 3.11. The highest BCUT2D eigenvalue weighted by atomic mass is 16.3. The summed E-state index contributed by atoms with van der Waals surface area (Å²) in [6.07, 6.45) is 2.38. The molecular formula is C9H19NO. The third-order valence-electron chi connectivity index (χ3n) is 3.21. The second-order valence-corrected chi connectivity index (χ2v) is 3.94. The lowest BCUT2D eigenvalue weighted by molar-refractivity contribution is 0.0442. The van der Waals surface area contributed by atoms with Crippen molar-refractivity contribution < 1.29 is 5.11 Å². The van der Waals surface area contributed by atoms with Crippen LogP contribution in [0.2, 0.25) is 0 Å². The van der Waals surface area contributed by atoms with E-state index < -0.39 is 0 Å². The van der Waals surface area contributed by atoms with Crippen molar-refractivity contribution in [2.45, 2.75) is 32.2 Å². The number of aliphatic hydroxyl groups is 1. The molecule has 0 saturated carbocycles. The molecule has 1 unspecified atom stereocenters. The molecule has 0 amide bonds. The molecule has 2 heteroatoms. The van der Waals surface area contributed by atoms with E-state index >= 15 is 0 Å². The average molecular weight is 157 g/mol. The molecule has 1 atom stereocenters. The van der Waals surface area contributed by atoms with Crippen molar-refractivity contribution in [2.24, 2.45) is 5.92 Å². The van der Waals surface area contributed by atoms with Gasteiger partial charge in [0.25, 0.3) is 0 Å². The molecule has 1 saturated heterocycles. The fourth-order valence-electron chi connectivity index (χ4n) is 2.15. The zero-order chi connectivity index (χ0) is 8.48. The van der Waals surface area contributed by atoms with E-state index in [9.17, 15) is 5.11 Å². The van der Waals surface area contributed by atoms with Crippen LogP contribution in [0.15, 0.2) is 0 Å². The van der Waals surface area contributed by atoms with Gasteiger partial charge in [-0.05, 0) is 32.4 Å². The molecule has 0 spiro atoms. The number of rotatable bonds is 2. The Morgan fingerprint density at radius 1 is 1.55 bits per heavy atom. The summed E-state index contributed by atoms with van der Waals surface area (Å²) in [5.74, 6) is 0.556. The first-order valence-corrected chi connectivity index (χ1v) is 4.45. The maximum Gasteiger partial charge on any atom is 0.0617 e. The number of hydrogen-bond acceptors (Lipinski definition) is 2. The first-order chi connectivity index (χ1) is 5.13. The lowest BCUT2D eigenvalue weighted by atomic mass is 9.85. The van der Waals surface area contributed by atoms with Gasteiger partial charge in [-0.3, -0.25) is 4.90 Å². The first kappa shape index (κ1) is 9.01. The Morgan fingerprint density at radius 2 is 2.18 bits per heavy atom. The number of likely N-dealkylation sites (N-methyl/N-ethyl adjacent to an activating group) is 1. The highest BCUT2D eigenvalue weighted by molar-refractivity contribution is 4.95. The van der Waals surface area contributed by atoms with Crippen LogP contribution in [0.5, 0.6) is 0 Å². The number of aliphatic hydroxyl groups excluding tert-OH is 1. The van der Waals surface area contributed by atoms with Crippen molar-refractivity contribution in [2.75, 3.05) is 20.2 Å². The van der Waals surface area contributed by atoms with Crippen molar-refractivity contribution in [1.82, 2.24) is 4.90 Å². The van der Waals surface area contributed by atoms with E-state index in [-0.39, 0.29) is 5.54 Å². The largest absolute Gasteiger partial charge is 0.394 e. The Labute approximate surface area is 69.2 Å². The van der Waals surface area contributed by atoms with Crippen molar-refractivity contribution >= 4 is 0 Å². The quantitative estimate of drug-likeness (QED) is 0.649. The van der Waals surface area contributed by atoms with Crippen molar-refractivity contribution in [3.63, 3.8) is 0 Å². The summed E-state index contributed by atoms with van der Waals surface area (Å²) >= 11 is 0. The summed E-state index contributed by atoms with van der Waals surface area (Å²) in [6, 6.07) is 0. The molecule has 1 aliphatic heterocycles. The topological polar surface area (TPSA) is 23.5 Å². The monoisotopic (exact) mass is 157 g/mol. The number of likely N-dealkylation sites (tertiary alicyclic amines) is 1. The van der Waals surface area contributed by atoms with Crippen LogP contribution in [0, 0.1) is 5.92 Å². The highest BCUT2D eigenvalue weighted by Crippen LogP contribution is 2.33. The molecule has 0 aromatic carbocycles. The van der Waals surface area contributed by atoms with Crippen LogP contribution in [-0.2, 0) is 0 Å². The minimum Gasteiger partial charge on any atom is -0.394 e. The standard InChI is InChI=1S/C9H19NO/c1-8(2)9(7-11)5-4-6-10(9)3/h8,11H,4-7H2,1-3H3. The number of nitrogens with zero attached hydrogens (tertiary/aromatic N) is 1. The molecule has 0 aromatic rings. The molecule has 0 aliphatic carbocycles. The van der Waals surface area contributed by atoms with Crippen LogP contribution in [0.4, 0.5) is 0 Å². The molecule has 1 heterocycles. The summed E-state index contributed by atoms with van der Waals surface area (Å²) in [6.45, 7) is 5.83. The molecule has 0 bridgehead atoms. The minimum absolute atomic E-state index is 0.0833. The molecular weight excluding hydrogens is 138 g/mol. The molecule has 11 heavy (non-hydrogen) atoms. The normalized spacial score (nSPS) is 33.5. The number of hydrogen-bond donors (Lipinski definition) is 1.